The first kappa shape index (κ1) is 12.2. The molecule has 102 valence electrons. The second kappa shape index (κ2) is 5.06. The van der Waals surface area contributed by atoms with Crippen molar-refractivity contribution in [2.45, 2.75) is 12.8 Å². The topological polar surface area (TPSA) is 28.7 Å². The molecule has 21 heavy (non-hydrogen) atoms. The average Bonchev–Trinajstić information content (AvgIpc) is 2.96. The van der Waals surface area contributed by atoms with E-state index in [0.717, 1.165) is 18.4 Å². The molecule has 0 radical (unpaired) electrons. The molecule has 4 rings (SSSR count). The Hall–Kier alpha value is -2.61. The molecule has 0 aliphatic heterocycles. The summed E-state index contributed by atoms with van der Waals surface area (Å²) >= 11 is 0. The molecule has 2 heteroatoms. The minimum atomic E-state index is 1.03. The van der Waals surface area contributed by atoms with Crippen molar-refractivity contribution >= 4 is 21.8 Å². The van der Waals surface area contributed by atoms with Gasteiger partial charge in [0.2, 0.25) is 0 Å². The number of hydrogen-bond acceptors (Lipinski definition) is 1. The maximum atomic E-state index is 4.43. The van der Waals surface area contributed by atoms with Crippen LogP contribution >= 0.6 is 0 Å². The number of aromatic amines is 1. The van der Waals surface area contributed by atoms with Crippen molar-refractivity contribution in [1.29, 1.82) is 0 Å². The standard InChI is InChI=1S/C19H16N2/c1-3-7-18-16(5-1)14(11-12-20-18)9-10-15-13-21-19-8-4-2-6-17(15)19/h1-8,11-13,21H,9-10H2. The van der Waals surface area contributed by atoms with Crippen molar-refractivity contribution < 1.29 is 0 Å². The highest BCUT2D eigenvalue weighted by Gasteiger charge is 2.05. The third-order valence-corrected chi connectivity index (χ3v) is 4.08. The Kier molecular flexibility index (Phi) is 2.93. The van der Waals surface area contributed by atoms with Gasteiger partial charge in [-0.05, 0) is 42.2 Å². The maximum absolute atomic E-state index is 4.43. The number of benzene rings is 2. The molecule has 2 heterocycles. The predicted octanol–water partition coefficient (Wildman–Crippen LogP) is 4.50. The summed E-state index contributed by atoms with van der Waals surface area (Å²) in [6, 6.07) is 19.0. The monoisotopic (exact) mass is 272 g/mol. The number of pyridine rings is 1. The van der Waals surface area contributed by atoms with Gasteiger partial charge in [-0.2, -0.15) is 0 Å². The Balaban J connectivity index is 1.67. The van der Waals surface area contributed by atoms with Crippen LogP contribution in [0.2, 0.25) is 0 Å². The van der Waals surface area contributed by atoms with Gasteiger partial charge in [0.15, 0.2) is 0 Å². The number of aromatic nitrogens is 2. The molecule has 0 amide bonds. The summed E-state index contributed by atoms with van der Waals surface area (Å²) in [5, 5.41) is 2.59. The molecule has 2 aromatic heterocycles. The number of rotatable bonds is 3. The number of H-pyrrole nitrogens is 1. The number of fused-ring (bicyclic) bond motifs is 2. The minimum Gasteiger partial charge on any atom is -0.361 e. The van der Waals surface area contributed by atoms with Crippen molar-refractivity contribution in [2.24, 2.45) is 0 Å². The molecule has 0 saturated heterocycles. The van der Waals surface area contributed by atoms with Crippen molar-refractivity contribution in [3.8, 4) is 0 Å². The largest absolute Gasteiger partial charge is 0.361 e. The zero-order chi connectivity index (χ0) is 14.1. The summed E-state index contributed by atoms with van der Waals surface area (Å²) < 4.78 is 0. The Bertz CT molecular complexity index is 900. The molecular formula is C19H16N2. The molecule has 0 unspecified atom stereocenters. The molecule has 0 saturated carbocycles. The van der Waals surface area contributed by atoms with E-state index < -0.39 is 0 Å². The minimum absolute atomic E-state index is 1.03. The fourth-order valence-electron chi connectivity index (χ4n) is 2.98. The highest BCUT2D eigenvalue weighted by molar-refractivity contribution is 5.84. The molecule has 0 atom stereocenters. The van der Waals surface area contributed by atoms with Crippen molar-refractivity contribution in [3.63, 3.8) is 0 Å². The van der Waals surface area contributed by atoms with Crippen LogP contribution in [0.3, 0.4) is 0 Å². The third-order valence-electron chi connectivity index (χ3n) is 4.08. The summed E-state index contributed by atoms with van der Waals surface area (Å²) in [5.74, 6) is 0. The van der Waals surface area contributed by atoms with E-state index in [-0.39, 0.29) is 0 Å². The lowest BCUT2D eigenvalue weighted by Crippen LogP contribution is -1.93. The first-order chi connectivity index (χ1) is 10.4. The summed E-state index contributed by atoms with van der Waals surface area (Å²) in [4.78, 5) is 7.78. The van der Waals surface area contributed by atoms with Gasteiger partial charge >= 0.3 is 0 Å². The SMILES string of the molecule is c1ccc2c(CCc3c[nH]c4ccccc34)ccnc2c1. The Labute approximate surface area is 123 Å². The predicted molar refractivity (Wildman–Crippen MR) is 87.4 cm³/mol. The number of nitrogens with one attached hydrogen (secondary N) is 1. The number of para-hydroxylation sites is 2. The van der Waals surface area contributed by atoms with Crippen LogP contribution in [0.25, 0.3) is 21.8 Å². The van der Waals surface area contributed by atoms with E-state index >= 15 is 0 Å². The van der Waals surface area contributed by atoms with Crippen LogP contribution in [0.15, 0.2) is 67.0 Å². The summed E-state index contributed by atoms with van der Waals surface area (Å²) in [5.41, 5.74) is 5.04. The maximum Gasteiger partial charge on any atom is 0.0704 e. The van der Waals surface area contributed by atoms with E-state index in [1.165, 1.54) is 27.4 Å². The van der Waals surface area contributed by atoms with Crippen LogP contribution in [0.5, 0.6) is 0 Å². The van der Waals surface area contributed by atoms with Crippen LogP contribution in [0.1, 0.15) is 11.1 Å². The van der Waals surface area contributed by atoms with Gasteiger partial charge in [0.1, 0.15) is 0 Å². The Morgan fingerprint density at radius 1 is 0.762 bits per heavy atom. The van der Waals surface area contributed by atoms with Gasteiger partial charge in [-0.1, -0.05) is 36.4 Å². The summed E-state index contributed by atoms with van der Waals surface area (Å²) in [6.07, 6.45) is 6.11. The van der Waals surface area contributed by atoms with E-state index in [2.05, 4.69) is 64.7 Å². The number of nitrogens with zero attached hydrogens (tertiary/aromatic N) is 1. The van der Waals surface area contributed by atoms with Crippen molar-refractivity contribution in [3.05, 3.63) is 78.1 Å². The van der Waals surface area contributed by atoms with Crippen LogP contribution in [0, 0.1) is 0 Å². The molecule has 4 aromatic rings. The summed E-state index contributed by atoms with van der Waals surface area (Å²) in [6.45, 7) is 0. The molecule has 0 fully saturated rings. The zero-order valence-corrected chi connectivity index (χ0v) is 11.7. The lowest BCUT2D eigenvalue weighted by Gasteiger charge is -2.05. The van der Waals surface area contributed by atoms with Crippen LogP contribution in [-0.4, -0.2) is 9.97 Å². The second-order valence-corrected chi connectivity index (χ2v) is 5.35. The van der Waals surface area contributed by atoms with E-state index in [1.807, 2.05) is 12.3 Å². The normalized spacial score (nSPS) is 11.2. The van der Waals surface area contributed by atoms with E-state index in [9.17, 15) is 0 Å². The first-order valence-corrected chi connectivity index (χ1v) is 7.29. The van der Waals surface area contributed by atoms with E-state index in [4.69, 9.17) is 0 Å². The smallest absolute Gasteiger partial charge is 0.0704 e. The quantitative estimate of drug-likeness (QED) is 0.584. The van der Waals surface area contributed by atoms with Crippen LogP contribution in [0.4, 0.5) is 0 Å². The lowest BCUT2D eigenvalue weighted by atomic mass is 10.0. The molecule has 2 nitrogen and oxygen atoms in total. The Morgan fingerprint density at radius 3 is 2.48 bits per heavy atom. The molecule has 2 aromatic carbocycles. The van der Waals surface area contributed by atoms with E-state index in [0.29, 0.717) is 0 Å². The highest BCUT2D eigenvalue weighted by atomic mass is 14.7. The van der Waals surface area contributed by atoms with Crippen molar-refractivity contribution in [2.75, 3.05) is 0 Å². The van der Waals surface area contributed by atoms with Gasteiger partial charge in [0.25, 0.3) is 0 Å². The van der Waals surface area contributed by atoms with Gasteiger partial charge in [-0.15, -0.1) is 0 Å². The molecule has 1 N–H and O–H groups in total. The third kappa shape index (κ3) is 2.19. The van der Waals surface area contributed by atoms with Crippen LogP contribution in [-0.2, 0) is 12.8 Å². The second-order valence-electron chi connectivity index (χ2n) is 5.35. The lowest BCUT2D eigenvalue weighted by molar-refractivity contribution is 0.975. The van der Waals surface area contributed by atoms with Crippen LogP contribution < -0.4 is 0 Å². The highest BCUT2D eigenvalue weighted by Crippen LogP contribution is 2.22. The molecular weight excluding hydrogens is 256 g/mol. The Morgan fingerprint density at radius 2 is 1.52 bits per heavy atom. The number of hydrogen-bond donors (Lipinski definition) is 1. The molecule has 0 bridgehead atoms. The average molecular weight is 272 g/mol. The zero-order valence-electron chi connectivity index (χ0n) is 11.7. The number of aryl methyl sites for hydroxylation is 2. The molecule has 0 aliphatic rings. The van der Waals surface area contributed by atoms with Gasteiger partial charge in [-0.25, -0.2) is 0 Å². The molecule has 0 spiro atoms. The van der Waals surface area contributed by atoms with Gasteiger partial charge in [0.05, 0.1) is 5.52 Å². The summed E-state index contributed by atoms with van der Waals surface area (Å²) in [7, 11) is 0. The van der Waals surface area contributed by atoms with Gasteiger partial charge < -0.3 is 4.98 Å². The first-order valence-electron chi connectivity index (χ1n) is 7.29. The van der Waals surface area contributed by atoms with Gasteiger partial charge in [-0.3, -0.25) is 4.98 Å². The van der Waals surface area contributed by atoms with E-state index in [1.54, 1.807) is 0 Å². The fraction of sp³-hybridized carbons (Fsp3) is 0.105. The van der Waals surface area contributed by atoms with Crippen molar-refractivity contribution in [1.82, 2.24) is 9.97 Å². The van der Waals surface area contributed by atoms with Gasteiger partial charge in [0, 0.05) is 28.7 Å². The molecule has 0 aliphatic carbocycles. The fourth-order valence-corrected chi connectivity index (χ4v) is 2.98.